The van der Waals surface area contributed by atoms with Gasteiger partial charge in [0.2, 0.25) is 10.0 Å². The van der Waals surface area contributed by atoms with E-state index in [1.807, 2.05) is 24.3 Å². The quantitative estimate of drug-likeness (QED) is 0.679. The third-order valence-electron chi connectivity index (χ3n) is 4.69. The number of sulfonamides is 1. The van der Waals surface area contributed by atoms with Crippen molar-refractivity contribution < 1.29 is 13.2 Å². The molecule has 1 aliphatic heterocycles. The number of hydrogen-bond donors (Lipinski definition) is 0. The van der Waals surface area contributed by atoms with Crippen LogP contribution in [0.1, 0.15) is 23.0 Å². The Morgan fingerprint density at radius 3 is 2.60 bits per heavy atom. The van der Waals surface area contributed by atoms with Gasteiger partial charge in [-0.1, -0.05) is 30.3 Å². The van der Waals surface area contributed by atoms with Crippen molar-refractivity contribution in [2.24, 2.45) is 0 Å². The van der Waals surface area contributed by atoms with Crippen LogP contribution in [0.2, 0.25) is 0 Å². The summed E-state index contributed by atoms with van der Waals surface area (Å²) >= 11 is 0. The molecule has 0 radical (unpaired) electrons. The molecule has 2 heterocycles. The molecule has 0 saturated carbocycles. The number of fused-ring (bicyclic) bond motifs is 3. The first kappa shape index (κ1) is 16.1. The number of hydrogen-bond acceptors (Lipinski definition) is 3. The van der Waals surface area contributed by atoms with Crippen molar-refractivity contribution in [1.82, 2.24) is 8.87 Å². The molecule has 0 fully saturated rings. The highest BCUT2D eigenvalue weighted by Gasteiger charge is 2.29. The molecule has 0 saturated heterocycles. The minimum absolute atomic E-state index is 0.143. The second-order valence-corrected chi connectivity index (χ2v) is 8.21. The second kappa shape index (κ2) is 5.82. The minimum atomic E-state index is -3.63. The Balaban J connectivity index is 1.71. The Kier molecular flexibility index (Phi) is 3.74. The van der Waals surface area contributed by atoms with Gasteiger partial charge in [-0.05, 0) is 36.6 Å². The van der Waals surface area contributed by atoms with Crippen molar-refractivity contribution in [2.45, 2.75) is 24.9 Å². The Morgan fingerprint density at radius 2 is 1.80 bits per heavy atom. The molecule has 0 unspecified atom stereocenters. The van der Waals surface area contributed by atoms with Gasteiger partial charge in [-0.2, -0.15) is 4.31 Å². The van der Waals surface area contributed by atoms with Gasteiger partial charge in [-0.3, -0.25) is 4.79 Å². The number of nitrogens with zero attached hydrogens (tertiary/aromatic N) is 2. The molecule has 5 nitrogen and oxygen atoms in total. The lowest BCUT2D eigenvalue weighted by atomic mass is 10.2. The van der Waals surface area contributed by atoms with E-state index in [9.17, 15) is 13.2 Å². The maximum Gasteiger partial charge on any atom is 0.243 e. The van der Waals surface area contributed by atoms with E-state index in [-0.39, 0.29) is 10.7 Å². The molecule has 3 aromatic rings. The number of Topliss-reactive ketones (excluding diaryl/α,β-unsaturated/α-hetero) is 1. The molecule has 1 aliphatic rings. The molecular formula is C19H18N2O3S. The SMILES string of the molecule is CC(=O)c1cccc(S(=O)(=O)N2CCn3c(cc4ccccc43)C2)c1. The van der Waals surface area contributed by atoms with Gasteiger partial charge in [0, 0.05) is 29.9 Å². The number of ketones is 1. The van der Waals surface area contributed by atoms with Crippen LogP contribution in [0.25, 0.3) is 10.9 Å². The summed E-state index contributed by atoms with van der Waals surface area (Å²) in [4.78, 5) is 11.7. The highest BCUT2D eigenvalue weighted by molar-refractivity contribution is 7.89. The molecule has 4 rings (SSSR count). The standard InChI is InChI=1S/C19H18N2O3S/c1-14(22)15-6-4-7-18(12-15)25(23,24)20-9-10-21-17(13-20)11-16-5-2-3-8-19(16)21/h2-8,11-12H,9-10,13H2,1H3. The fourth-order valence-corrected chi connectivity index (χ4v) is 4.81. The fraction of sp³-hybridized carbons (Fsp3) is 0.211. The summed E-state index contributed by atoms with van der Waals surface area (Å²) in [6, 6.07) is 16.4. The summed E-state index contributed by atoms with van der Waals surface area (Å²) in [5, 5.41) is 1.12. The average Bonchev–Trinajstić information content (AvgIpc) is 2.99. The molecule has 0 amide bonds. The highest BCUT2D eigenvalue weighted by atomic mass is 32.2. The average molecular weight is 354 g/mol. The molecule has 0 N–H and O–H groups in total. The van der Waals surface area contributed by atoms with Crippen molar-refractivity contribution in [1.29, 1.82) is 0 Å². The third-order valence-corrected chi connectivity index (χ3v) is 6.53. The monoisotopic (exact) mass is 354 g/mol. The second-order valence-electron chi connectivity index (χ2n) is 6.27. The highest BCUT2D eigenvalue weighted by Crippen LogP contribution is 2.27. The van der Waals surface area contributed by atoms with E-state index in [1.54, 1.807) is 18.2 Å². The van der Waals surface area contributed by atoms with E-state index in [1.165, 1.54) is 17.3 Å². The van der Waals surface area contributed by atoms with Crippen LogP contribution in [0.4, 0.5) is 0 Å². The van der Waals surface area contributed by atoms with Gasteiger partial charge < -0.3 is 4.57 Å². The van der Waals surface area contributed by atoms with Crippen LogP contribution in [0.3, 0.4) is 0 Å². The van der Waals surface area contributed by atoms with Gasteiger partial charge in [0.1, 0.15) is 0 Å². The first-order valence-electron chi connectivity index (χ1n) is 8.15. The van der Waals surface area contributed by atoms with E-state index in [0.29, 0.717) is 25.2 Å². The molecule has 0 atom stereocenters. The lowest BCUT2D eigenvalue weighted by Gasteiger charge is -2.28. The number of para-hydroxylation sites is 1. The van der Waals surface area contributed by atoms with E-state index < -0.39 is 10.0 Å². The number of benzene rings is 2. The minimum Gasteiger partial charge on any atom is -0.342 e. The predicted octanol–water partition coefficient (Wildman–Crippen LogP) is 3.05. The van der Waals surface area contributed by atoms with Crippen LogP contribution >= 0.6 is 0 Å². The zero-order chi connectivity index (χ0) is 17.6. The summed E-state index contributed by atoms with van der Waals surface area (Å²) in [7, 11) is -3.63. The Bertz CT molecular complexity index is 1080. The van der Waals surface area contributed by atoms with Crippen LogP contribution in [0.5, 0.6) is 0 Å². The maximum absolute atomic E-state index is 13.0. The van der Waals surface area contributed by atoms with Gasteiger partial charge >= 0.3 is 0 Å². The van der Waals surface area contributed by atoms with Crippen molar-refractivity contribution in [3.63, 3.8) is 0 Å². The predicted molar refractivity (Wildman–Crippen MR) is 96.0 cm³/mol. The summed E-state index contributed by atoms with van der Waals surface area (Å²) in [5.74, 6) is -0.143. The van der Waals surface area contributed by atoms with Crippen molar-refractivity contribution in [2.75, 3.05) is 6.54 Å². The fourth-order valence-electron chi connectivity index (χ4n) is 3.36. The molecule has 1 aromatic heterocycles. The summed E-state index contributed by atoms with van der Waals surface area (Å²) in [6.07, 6.45) is 0. The Labute approximate surface area is 146 Å². The zero-order valence-corrected chi connectivity index (χ0v) is 14.7. The largest absolute Gasteiger partial charge is 0.342 e. The topological polar surface area (TPSA) is 59.4 Å². The lowest BCUT2D eigenvalue weighted by Crippen LogP contribution is -2.38. The zero-order valence-electron chi connectivity index (χ0n) is 13.8. The smallest absolute Gasteiger partial charge is 0.243 e. The molecule has 0 bridgehead atoms. The van der Waals surface area contributed by atoms with Crippen molar-refractivity contribution in [3.8, 4) is 0 Å². The van der Waals surface area contributed by atoms with Gasteiger partial charge in [0.05, 0.1) is 11.4 Å². The van der Waals surface area contributed by atoms with Crippen LogP contribution in [-0.2, 0) is 23.1 Å². The number of carbonyl (C=O) groups excluding carboxylic acids is 1. The molecule has 0 spiro atoms. The Hall–Kier alpha value is -2.44. The van der Waals surface area contributed by atoms with E-state index >= 15 is 0 Å². The van der Waals surface area contributed by atoms with Crippen LogP contribution in [-0.4, -0.2) is 29.6 Å². The van der Waals surface area contributed by atoms with Crippen LogP contribution < -0.4 is 0 Å². The van der Waals surface area contributed by atoms with Crippen LogP contribution in [0.15, 0.2) is 59.5 Å². The number of carbonyl (C=O) groups is 1. The Morgan fingerprint density at radius 1 is 1.00 bits per heavy atom. The van der Waals surface area contributed by atoms with Gasteiger partial charge in [-0.15, -0.1) is 0 Å². The van der Waals surface area contributed by atoms with E-state index in [2.05, 4.69) is 10.6 Å². The normalized spacial score (nSPS) is 15.2. The maximum atomic E-state index is 13.0. The van der Waals surface area contributed by atoms with Crippen molar-refractivity contribution in [3.05, 3.63) is 65.9 Å². The van der Waals surface area contributed by atoms with Crippen molar-refractivity contribution >= 4 is 26.7 Å². The molecular weight excluding hydrogens is 336 g/mol. The number of rotatable bonds is 3. The third kappa shape index (κ3) is 2.67. The summed E-state index contributed by atoms with van der Waals surface area (Å²) < 4.78 is 29.6. The van der Waals surface area contributed by atoms with Crippen LogP contribution in [0, 0.1) is 0 Å². The molecule has 25 heavy (non-hydrogen) atoms. The first-order valence-corrected chi connectivity index (χ1v) is 9.59. The first-order chi connectivity index (χ1) is 12.0. The lowest BCUT2D eigenvalue weighted by molar-refractivity contribution is 0.101. The summed E-state index contributed by atoms with van der Waals surface area (Å²) in [6.45, 7) is 2.80. The molecule has 0 aliphatic carbocycles. The van der Waals surface area contributed by atoms with E-state index in [0.717, 1.165) is 16.6 Å². The van der Waals surface area contributed by atoms with E-state index in [4.69, 9.17) is 0 Å². The van der Waals surface area contributed by atoms with Gasteiger partial charge in [0.25, 0.3) is 0 Å². The molecule has 128 valence electrons. The van der Waals surface area contributed by atoms with Gasteiger partial charge in [0.15, 0.2) is 5.78 Å². The molecule has 2 aromatic carbocycles. The number of aromatic nitrogens is 1. The molecule has 6 heteroatoms. The van der Waals surface area contributed by atoms with Gasteiger partial charge in [-0.25, -0.2) is 8.42 Å². The summed E-state index contributed by atoms with van der Waals surface area (Å²) in [5.41, 5.74) is 2.53.